The number of hydrazine groups is 1. The van der Waals surface area contributed by atoms with Crippen molar-refractivity contribution in [2.45, 2.75) is 17.4 Å². The van der Waals surface area contributed by atoms with Crippen LogP contribution in [0, 0.1) is 0 Å². The first-order chi connectivity index (χ1) is 10.1. The first kappa shape index (κ1) is 16.9. The largest absolute Gasteiger partial charge is 0.271 e. The molecule has 0 aliphatic rings. The van der Waals surface area contributed by atoms with Crippen LogP contribution in [-0.4, -0.2) is 11.8 Å². The van der Waals surface area contributed by atoms with Gasteiger partial charge in [0, 0.05) is 16.7 Å². The molecule has 0 aliphatic carbocycles. The van der Waals surface area contributed by atoms with E-state index in [4.69, 9.17) is 40.6 Å². The Morgan fingerprint density at radius 1 is 1.00 bits per heavy atom. The lowest BCUT2D eigenvalue weighted by molar-refractivity contribution is 0.575. The summed E-state index contributed by atoms with van der Waals surface area (Å²) < 4.78 is 0. The zero-order valence-electron chi connectivity index (χ0n) is 11.2. The normalized spacial score (nSPS) is 12.4. The summed E-state index contributed by atoms with van der Waals surface area (Å²) in [6, 6.07) is 13.5. The molecule has 0 spiro atoms. The summed E-state index contributed by atoms with van der Waals surface area (Å²) >= 11 is 19.8. The highest BCUT2D eigenvalue weighted by Crippen LogP contribution is 2.28. The first-order valence-electron chi connectivity index (χ1n) is 6.37. The van der Waals surface area contributed by atoms with Crippen molar-refractivity contribution < 1.29 is 0 Å². The average Bonchev–Trinajstić information content (AvgIpc) is 2.48. The lowest BCUT2D eigenvalue weighted by atomic mass is 10.1. The number of nitrogens with two attached hydrogens (primary N) is 1. The minimum absolute atomic E-state index is 0.114. The van der Waals surface area contributed by atoms with Gasteiger partial charge in [0.1, 0.15) is 0 Å². The van der Waals surface area contributed by atoms with Gasteiger partial charge in [-0.2, -0.15) is 0 Å². The van der Waals surface area contributed by atoms with Gasteiger partial charge in [0.05, 0.1) is 15.1 Å². The lowest BCUT2D eigenvalue weighted by Gasteiger charge is -2.16. The average molecular weight is 362 g/mol. The van der Waals surface area contributed by atoms with E-state index in [0.29, 0.717) is 10.0 Å². The van der Waals surface area contributed by atoms with Crippen LogP contribution >= 0.6 is 46.6 Å². The van der Waals surface area contributed by atoms with Gasteiger partial charge in [-0.25, -0.2) is 0 Å². The smallest absolute Gasteiger partial charge is 0.0595 e. The Kier molecular flexibility index (Phi) is 6.68. The van der Waals surface area contributed by atoms with E-state index in [-0.39, 0.29) is 6.04 Å². The van der Waals surface area contributed by atoms with Crippen LogP contribution in [0.3, 0.4) is 0 Å². The predicted octanol–water partition coefficient (Wildman–Crippen LogP) is 4.81. The number of benzene rings is 2. The van der Waals surface area contributed by atoms with Crippen LogP contribution in [0.5, 0.6) is 0 Å². The van der Waals surface area contributed by atoms with E-state index in [0.717, 1.165) is 27.7 Å². The molecule has 2 nitrogen and oxygen atoms in total. The molecule has 0 saturated heterocycles. The van der Waals surface area contributed by atoms with Gasteiger partial charge in [-0.05, 0) is 36.2 Å². The van der Waals surface area contributed by atoms with E-state index in [1.165, 1.54) is 0 Å². The van der Waals surface area contributed by atoms with Gasteiger partial charge >= 0.3 is 0 Å². The molecule has 0 bridgehead atoms. The fraction of sp³-hybridized carbons (Fsp3) is 0.200. The molecule has 112 valence electrons. The molecule has 0 fully saturated rings. The molecule has 0 heterocycles. The predicted molar refractivity (Wildman–Crippen MR) is 93.5 cm³/mol. The molecule has 0 saturated carbocycles. The van der Waals surface area contributed by atoms with Crippen LogP contribution in [0.2, 0.25) is 15.1 Å². The van der Waals surface area contributed by atoms with E-state index >= 15 is 0 Å². The fourth-order valence-corrected chi connectivity index (χ4v) is 3.46. The van der Waals surface area contributed by atoms with Gasteiger partial charge in [0.15, 0.2) is 0 Å². The number of halogens is 3. The Bertz CT molecular complexity index is 607. The third-order valence-electron chi connectivity index (χ3n) is 2.98. The highest BCUT2D eigenvalue weighted by Gasteiger charge is 2.11. The Morgan fingerprint density at radius 3 is 2.43 bits per heavy atom. The molecule has 1 atom stereocenters. The number of hydrogen-bond donors (Lipinski definition) is 2. The molecule has 2 rings (SSSR count). The SMILES string of the molecule is NNC(CSc1ccccc1Cl)Cc1ccc(Cl)c(Cl)c1. The Labute approximate surface area is 143 Å². The summed E-state index contributed by atoms with van der Waals surface area (Å²) in [7, 11) is 0. The molecule has 0 radical (unpaired) electrons. The van der Waals surface area contributed by atoms with Crippen LogP contribution in [-0.2, 0) is 6.42 Å². The summed E-state index contributed by atoms with van der Waals surface area (Å²) in [6.45, 7) is 0. The van der Waals surface area contributed by atoms with E-state index in [1.54, 1.807) is 17.8 Å². The maximum atomic E-state index is 6.14. The Morgan fingerprint density at radius 2 is 1.76 bits per heavy atom. The van der Waals surface area contributed by atoms with Crippen LogP contribution in [0.25, 0.3) is 0 Å². The van der Waals surface area contributed by atoms with E-state index < -0.39 is 0 Å². The maximum Gasteiger partial charge on any atom is 0.0595 e. The molecule has 0 amide bonds. The van der Waals surface area contributed by atoms with Crippen molar-refractivity contribution in [3.63, 3.8) is 0 Å². The fourth-order valence-electron chi connectivity index (χ4n) is 1.87. The lowest BCUT2D eigenvalue weighted by Crippen LogP contribution is -2.38. The highest BCUT2D eigenvalue weighted by molar-refractivity contribution is 7.99. The second-order valence-corrected chi connectivity index (χ2v) is 6.84. The van der Waals surface area contributed by atoms with Gasteiger partial charge in [-0.1, -0.05) is 53.0 Å². The molecule has 6 heteroatoms. The van der Waals surface area contributed by atoms with Crippen molar-refractivity contribution in [2.24, 2.45) is 5.84 Å². The van der Waals surface area contributed by atoms with Crippen molar-refractivity contribution in [1.82, 2.24) is 5.43 Å². The Hall–Kier alpha value is -0.420. The first-order valence-corrected chi connectivity index (χ1v) is 8.49. The zero-order valence-corrected chi connectivity index (χ0v) is 14.2. The summed E-state index contributed by atoms with van der Waals surface area (Å²) in [6.07, 6.45) is 0.769. The van der Waals surface area contributed by atoms with Crippen LogP contribution in [0.15, 0.2) is 47.4 Å². The minimum atomic E-state index is 0.114. The monoisotopic (exact) mass is 360 g/mol. The molecule has 2 aromatic carbocycles. The number of nitrogens with one attached hydrogen (secondary N) is 1. The molecule has 2 aromatic rings. The van der Waals surface area contributed by atoms with Crippen molar-refractivity contribution in [3.05, 3.63) is 63.1 Å². The van der Waals surface area contributed by atoms with Crippen molar-refractivity contribution in [2.75, 3.05) is 5.75 Å². The molecule has 0 aromatic heterocycles. The third kappa shape index (κ3) is 5.06. The van der Waals surface area contributed by atoms with Crippen LogP contribution < -0.4 is 11.3 Å². The van der Waals surface area contributed by atoms with Gasteiger partial charge in [-0.15, -0.1) is 11.8 Å². The number of rotatable bonds is 6. The molecular weight excluding hydrogens is 347 g/mol. The van der Waals surface area contributed by atoms with Crippen molar-refractivity contribution in [1.29, 1.82) is 0 Å². The summed E-state index contributed by atoms with van der Waals surface area (Å²) in [4.78, 5) is 1.05. The van der Waals surface area contributed by atoms with Crippen LogP contribution in [0.1, 0.15) is 5.56 Å². The van der Waals surface area contributed by atoms with Gasteiger partial charge < -0.3 is 0 Å². The van der Waals surface area contributed by atoms with Gasteiger partial charge in [0.2, 0.25) is 0 Å². The van der Waals surface area contributed by atoms with Gasteiger partial charge in [0.25, 0.3) is 0 Å². The quantitative estimate of drug-likeness (QED) is 0.440. The summed E-state index contributed by atoms with van der Waals surface area (Å²) in [5.74, 6) is 6.44. The second-order valence-electron chi connectivity index (χ2n) is 4.56. The zero-order chi connectivity index (χ0) is 15.2. The van der Waals surface area contributed by atoms with Crippen LogP contribution in [0.4, 0.5) is 0 Å². The summed E-state index contributed by atoms with van der Waals surface area (Å²) in [5, 5.41) is 1.87. The minimum Gasteiger partial charge on any atom is -0.271 e. The maximum absolute atomic E-state index is 6.14. The number of hydrogen-bond acceptors (Lipinski definition) is 3. The van der Waals surface area contributed by atoms with Crippen molar-refractivity contribution >= 4 is 46.6 Å². The van der Waals surface area contributed by atoms with E-state index in [2.05, 4.69) is 5.43 Å². The molecule has 21 heavy (non-hydrogen) atoms. The molecule has 1 unspecified atom stereocenters. The van der Waals surface area contributed by atoms with E-state index in [1.807, 2.05) is 36.4 Å². The molecular formula is C15H15Cl3N2S. The van der Waals surface area contributed by atoms with Crippen molar-refractivity contribution in [3.8, 4) is 0 Å². The molecule has 0 aliphatic heterocycles. The Balaban J connectivity index is 1.97. The third-order valence-corrected chi connectivity index (χ3v) is 5.40. The second kappa shape index (κ2) is 8.28. The van der Waals surface area contributed by atoms with Gasteiger partial charge in [-0.3, -0.25) is 11.3 Å². The highest BCUT2D eigenvalue weighted by atomic mass is 35.5. The standard InChI is InChI=1S/C15H15Cl3N2S/c16-12-6-5-10(8-14(12)18)7-11(20-19)9-21-15-4-2-1-3-13(15)17/h1-6,8,11,20H,7,9,19H2. The van der Waals surface area contributed by atoms with E-state index in [9.17, 15) is 0 Å². The summed E-state index contributed by atoms with van der Waals surface area (Å²) in [5.41, 5.74) is 3.92. The molecule has 3 N–H and O–H groups in total. The number of thioether (sulfide) groups is 1. The topological polar surface area (TPSA) is 38.0 Å².